The summed E-state index contributed by atoms with van der Waals surface area (Å²) in [4.78, 5) is 17.6. The fourth-order valence-electron chi connectivity index (χ4n) is 4.65. The van der Waals surface area contributed by atoms with Crippen molar-refractivity contribution in [1.29, 1.82) is 0 Å². The molecule has 1 saturated heterocycles. The zero-order valence-corrected chi connectivity index (χ0v) is 20.0. The first-order valence-electron chi connectivity index (χ1n) is 12.1. The number of hydrogen-bond donors (Lipinski definition) is 0. The summed E-state index contributed by atoms with van der Waals surface area (Å²) in [6, 6.07) is 28.8. The van der Waals surface area contributed by atoms with E-state index < -0.39 is 0 Å². The summed E-state index contributed by atoms with van der Waals surface area (Å²) in [5.74, 6) is 1.07. The number of carbonyl (C=O) groups is 1. The van der Waals surface area contributed by atoms with Crippen molar-refractivity contribution in [3.05, 3.63) is 107 Å². The van der Waals surface area contributed by atoms with Gasteiger partial charge in [0.15, 0.2) is 5.82 Å². The molecule has 0 N–H and O–H groups in total. The molecule has 0 unspecified atom stereocenters. The topological polar surface area (TPSA) is 67.2 Å². The first-order valence-corrected chi connectivity index (χ1v) is 12.1. The van der Waals surface area contributed by atoms with E-state index in [0.717, 1.165) is 24.6 Å². The first kappa shape index (κ1) is 22.9. The number of aryl methyl sites for hydroxylation is 1. The van der Waals surface area contributed by atoms with Gasteiger partial charge in [-0.3, -0.25) is 9.69 Å². The Morgan fingerprint density at radius 1 is 0.829 bits per heavy atom. The average Bonchev–Trinajstić information content (AvgIpc) is 3.37. The third kappa shape index (κ3) is 5.46. The van der Waals surface area contributed by atoms with Crippen LogP contribution in [0.4, 0.5) is 0 Å². The highest BCUT2D eigenvalue weighted by Gasteiger charge is 2.26. The van der Waals surface area contributed by atoms with Crippen molar-refractivity contribution in [3.63, 3.8) is 0 Å². The molecule has 0 radical (unpaired) electrons. The summed E-state index contributed by atoms with van der Waals surface area (Å²) in [5.41, 5.74) is 4.51. The zero-order chi connectivity index (χ0) is 24.0. The molecule has 7 heteroatoms. The Balaban J connectivity index is 1.21. The summed E-state index contributed by atoms with van der Waals surface area (Å²) < 4.78 is 1.79. The number of aromatic nitrogens is 4. The molecule has 1 aliphatic rings. The number of tetrazole rings is 1. The van der Waals surface area contributed by atoms with Crippen molar-refractivity contribution in [2.75, 3.05) is 26.2 Å². The van der Waals surface area contributed by atoms with Crippen molar-refractivity contribution >= 4 is 5.91 Å². The Hall–Kier alpha value is -3.84. The van der Waals surface area contributed by atoms with Crippen LogP contribution in [0.3, 0.4) is 0 Å². The summed E-state index contributed by atoms with van der Waals surface area (Å²) in [6.45, 7) is 5.73. The molecule has 2 heterocycles. The van der Waals surface area contributed by atoms with E-state index in [1.807, 2.05) is 53.4 Å². The fourth-order valence-corrected chi connectivity index (χ4v) is 4.65. The average molecular weight is 467 g/mol. The highest BCUT2D eigenvalue weighted by atomic mass is 16.2. The van der Waals surface area contributed by atoms with Crippen LogP contribution in [0.1, 0.15) is 34.9 Å². The van der Waals surface area contributed by atoms with Gasteiger partial charge in [0, 0.05) is 38.5 Å². The highest BCUT2D eigenvalue weighted by molar-refractivity contribution is 5.78. The van der Waals surface area contributed by atoms with E-state index in [2.05, 4.69) is 63.7 Å². The Kier molecular flexibility index (Phi) is 6.95. The van der Waals surface area contributed by atoms with Gasteiger partial charge in [0.1, 0.15) is 0 Å². The minimum absolute atomic E-state index is 0.0575. The molecule has 0 saturated carbocycles. The van der Waals surface area contributed by atoms with Crippen LogP contribution in [0, 0.1) is 6.92 Å². The van der Waals surface area contributed by atoms with Crippen LogP contribution in [-0.4, -0.2) is 62.1 Å². The van der Waals surface area contributed by atoms with Crippen LogP contribution in [0.25, 0.3) is 5.69 Å². The lowest BCUT2D eigenvalue weighted by molar-refractivity contribution is -0.133. The quantitative estimate of drug-likeness (QED) is 0.414. The van der Waals surface area contributed by atoms with E-state index >= 15 is 0 Å². The van der Waals surface area contributed by atoms with Crippen LogP contribution in [0.15, 0.2) is 84.9 Å². The molecule has 1 fully saturated rings. The third-order valence-corrected chi connectivity index (χ3v) is 6.69. The third-order valence-electron chi connectivity index (χ3n) is 6.69. The van der Waals surface area contributed by atoms with Crippen LogP contribution in [0.2, 0.25) is 0 Å². The van der Waals surface area contributed by atoms with Crippen molar-refractivity contribution in [2.45, 2.75) is 25.8 Å². The number of rotatable bonds is 7. The number of amides is 1. The van der Waals surface area contributed by atoms with Crippen molar-refractivity contribution < 1.29 is 4.79 Å². The van der Waals surface area contributed by atoms with E-state index in [1.54, 1.807) is 4.68 Å². The Morgan fingerprint density at radius 2 is 1.43 bits per heavy atom. The standard InChI is InChI=1S/C28H30N6O/c1-22-12-14-25(15-13-22)34-27(29-30-31-34)21-32-16-18-33(19-17-32)28(35)20-26(23-8-4-2-5-9-23)24-10-6-3-7-11-24/h2-15,26H,16-21H2,1H3. The maximum absolute atomic E-state index is 13.3. The zero-order valence-electron chi connectivity index (χ0n) is 20.0. The van der Waals surface area contributed by atoms with Crippen LogP contribution in [0.5, 0.6) is 0 Å². The largest absolute Gasteiger partial charge is 0.340 e. The Morgan fingerprint density at radius 3 is 2.03 bits per heavy atom. The predicted molar refractivity (Wildman–Crippen MR) is 135 cm³/mol. The monoisotopic (exact) mass is 466 g/mol. The number of piperazine rings is 1. The van der Waals surface area contributed by atoms with Gasteiger partial charge in [-0.05, 0) is 40.6 Å². The normalized spacial score (nSPS) is 14.4. The van der Waals surface area contributed by atoms with E-state index in [4.69, 9.17) is 0 Å². The van der Waals surface area contributed by atoms with Gasteiger partial charge in [-0.2, -0.15) is 4.68 Å². The number of carbonyl (C=O) groups excluding carboxylic acids is 1. The lowest BCUT2D eigenvalue weighted by Crippen LogP contribution is -2.48. The smallest absolute Gasteiger partial charge is 0.223 e. The lowest BCUT2D eigenvalue weighted by Gasteiger charge is -2.35. The summed E-state index contributed by atoms with van der Waals surface area (Å²) in [6.07, 6.45) is 0.472. The minimum atomic E-state index is 0.0575. The Bertz CT molecular complexity index is 1190. The number of nitrogens with zero attached hydrogens (tertiary/aromatic N) is 6. The minimum Gasteiger partial charge on any atom is -0.340 e. The SMILES string of the molecule is Cc1ccc(-n2nnnc2CN2CCN(C(=O)CC(c3ccccc3)c3ccccc3)CC2)cc1. The summed E-state index contributed by atoms with van der Waals surface area (Å²) >= 11 is 0. The molecule has 3 aromatic carbocycles. The molecule has 35 heavy (non-hydrogen) atoms. The van der Waals surface area contributed by atoms with E-state index in [9.17, 15) is 4.79 Å². The van der Waals surface area contributed by atoms with Gasteiger partial charge in [0.2, 0.25) is 5.91 Å². The van der Waals surface area contributed by atoms with E-state index in [-0.39, 0.29) is 11.8 Å². The van der Waals surface area contributed by atoms with Gasteiger partial charge in [-0.1, -0.05) is 78.4 Å². The van der Waals surface area contributed by atoms with Gasteiger partial charge in [0.25, 0.3) is 0 Å². The van der Waals surface area contributed by atoms with Gasteiger partial charge in [-0.25, -0.2) is 0 Å². The second-order valence-corrected chi connectivity index (χ2v) is 9.08. The highest BCUT2D eigenvalue weighted by Crippen LogP contribution is 2.29. The molecule has 0 spiro atoms. The molecule has 1 aromatic heterocycles. The first-order chi connectivity index (χ1) is 17.2. The van der Waals surface area contributed by atoms with Gasteiger partial charge < -0.3 is 4.90 Å². The molecular weight excluding hydrogens is 436 g/mol. The van der Waals surface area contributed by atoms with E-state index in [0.29, 0.717) is 26.1 Å². The second kappa shape index (κ2) is 10.6. The number of benzene rings is 3. The van der Waals surface area contributed by atoms with E-state index in [1.165, 1.54) is 16.7 Å². The molecule has 1 amide bonds. The fraction of sp³-hybridized carbons (Fsp3) is 0.286. The maximum Gasteiger partial charge on any atom is 0.223 e. The maximum atomic E-state index is 13.3. The summed E-state index contributed by atoms with van der Waals surface area (Å²) in [7, 11) is 0. The van der Waals surface area contributed by atoms with Gasteiger partial charge >= 0.3 is 0 Å². The van der Waals surface area contributed by atoms with Crippen LogP contribution < -0.4 is 0 Å². The summed E-state index contributed by atoms with van der Waals surface area (Å²) in [5, 5.41) is 12.3. The molecule has 0 bridgehead atoms. The van der Waals surface area contributed by atoms with Crippen LogP contribution >= 0.6 is 0 Å². The molecule has 0 atom stereocenters. The molecule has 1 aliphatic heterocycles. The molecule has 178 valence electrons. The molecule has 5 rings (SSSR count). The number of hydrogen-bond acceptors (Lipinski definition) is 5. The molecule has 0 aliphatic carbocycles. The van der Waals surface area contributed by atoms with Crippen LogP contribution in [-0.2, 0) is 11.3 Å². The Labute approximate surface area is 206 Å². The van der Waals surface area contributed by atoms with Gasteiger partial charge in [-0.15, -0.1) is 5.10 Å². The lowest BCUT2D eigenvalue weighted by atomic mass is 9.88. The molecular formula is C28H30N6O. The molecule has 7 nitrogen and oxygen atoms in total. The molecule has 4 aromatic rings. The van der Waals surface area contributed by atoms with Gasteiger partial charge in [0.05, 0.1) is 12.2 Å². The van der Waals surface area contributed by atoms with Crippen molar-refractivity contribution in [1.82, 2.24) is 30.0 Å². The van der Waals surface area contributed by atoms with Crippen molar-refractivity contribution in [2.24, 2.45) is 0 Å². The second-order valence-electron chi connectivity index (χ2n) is 9.08. The van der Waals surface area contributed by atoms with Crippen molar-refractivity contribution in [3.8, 4) is 5.69 Å². The predicted octanol–water partition coefficient (Wildman–Crippen LogP) is 3.84.